The van der Waals surface area contributed by atoms with Gasteiger partial charge in [0.2, 0.25) is 0 Å². The molecule has 0 aliphatic heterocycles. The van der Waals surface area contributed by atoms with Gasteiger partial charge < -0.3 is 10.4 Å². The molecule has 34 heavy (non-hydrogen) atoms. The normalized spacial score (nSPS) is 11.6. The van der Waals surface area contributed by atoms with Gasteiger partial charge in [0, 0.05) is 12.6 Å². The highest BCUT2D eigenvalue weighted by molar-refractivity contribution is 6.01. The van der Waals surface area contributed by atoms with Crippen molar-refractivity contribution in [3.63, 3.8) is 0 Å². The molecule has 4 rings (SSSR count). The molecule has 0 spiro atoms. The third-order valence-electron chi connectivity index (χ3n) is 5.25. The lowest BCUT2D eigenvalue weighted by Crippen LogP contribution is -2.39. The Morgan fingerprint density at radius 3 is 2.68 bits per heavy atom. The molecule has 2 heterocycles. The highest BCUT2D eigenvalue weighted by atomic mass is 19.1. The lowest BCUT2D eigenvalue weighted by molar-refractivity contribution is 0.0916. The number of aliphatic hydroxyl groups is 1. The minimum atomic E-state index is -0.750. The molecule has 1 amide bonds. The zero-order chi connectivity index (χ0) is 24.1. The van der Waals surface area contributed by atoms with Crippen molar-refractivity contribution in [2.45, 2.75) is 12.5 Å². The summed E-state index contributed by atoms with van der Waals surface area (Å²) < 4.78 is 28.1. The fraction of sp³-hybridized carbons (Fsp3) is 0.120. The summed E-state index contributed by atoms with van der Waals surface area (Å²) >= 11 is 0. The number of hydrogen-bond donors (Lipinski definition) is 3. The number of aromatic nitrogens is 3. The Morgan fingerprint density at radius 1 is 1.15 bits per heavy atom. The van der Waals surface area contributed by atoms with E-state index < -0.39 is 24.4 Å². The van der Waals surface area contributed by atoms with Gasteiger partial charge in [0.15, 0.2) is 0 Å². The predicted molar refractivity (Wildman–Crippen MR) is 120 cm³/mol. The number of nitrogens with zero attached hydrogens (tertiary/aromatic N) is 3. The van der Waals surface area contributed by atoms with Gasteiger partial charge in [-0.1, -0.05) is 6.07 Å². The zero-order valence-electron chi connectivity index (χ0n) is 17.8. The monoisotopic (exact) mass is 459 g/mol. The first-order valence-electron chi connectivity index (χ1n) is 10.4. The standard InChI is InChI=1S/C25H19F2N5O2/c26-17-8-6-15(7-9-17)22-12-23(32-31-22)24-19(4-1-5-20(24)27)25(34)30-18(14-33)11-21-16(13-28)3-2-10-29-21/h1-10,12,18,33H,11,14H2,(H,30,34)(H,31,32)/t18-/m1/s1. The molecule has 0 saturated heterocycles. The molecule has 0 radical (unpaired) electrons. The fourth-order valence-corrected chi connectivity index (χ4v) is 3.56. The average molecular weight is 459 g/mol. The molecule has 0 unspecified atom stereocenters. The first-order chi connectivity index (χ1) is 16.5. The maximum Gasteiger partial charge on any atom is 0.252 e. The maximum absolute atomic E-state index is 14.8. The molecule has 9 heteroatoms. The molecule has 4 aromatic rings. The van der Waals surface area contributed by atoms with E-state index in [9.17, 15) is 23.9 Å². The number of halogens is 2. The fourth-order valence-electron chi connectivity index (χ4n) is 3.56. The summed E-state index contributed by atoms with van der Waals surface area (Å²) in [5.74, 6) is -1.65. The van der Waals surface area contributed by atoms with Gasteiger partial charge in [-0.2, -0.15) is 10.4 Å². The highest BCUT2D eigenvalue weighted by Crippen LogP contribution is 2.29. The molecule has 3 N–H and O–H groups in total. The van der Waals surface area contributed by atoms with Gasteiger partial charge in [0.05, 0.1) is 46.4 Å². The van der Waals surface area contributed by atoms with Crippen molar-refractivity contribution >= 4 is 5.91 Å². The molecule has 2 aromatic heterocycles. The Labute approximate surface area is 193 Å². The van der Waals surface area contributed by atoms with Gasteiger partial charge in [-0.15, -0.1) is 0 Å². The van der Waals surface area contributed by atoms with Crippen molar-refractivity contribution in [2.75, 3.05) is 6.61 Å². The molecule has 2 aromatic carbocycles. The molecule has 0 bridgehead atoms. The summed E-state index contributed by atoms with van der Waals surface area (Å²) in [6.45, 7) is -0.408. The van der Waals surface area contributed by atoms with E-state index in [-0.39, 0.29) is 29.1 Å². The van der Waals surface area contributed by atoms with Gasteiger partial charge in [0.1, 0.15) is 17.7 Å². The summed E-state index contributed by atoms with van der Waals surface area (Å²) in [7, 11) is 0. The number of nitrogens with one attached hydrogen (secondary N) is 2. The van der Waals surface area contributed by atoms with Crippen LogP contribution in [-0.4, -0.2) is 38.8 Å². The molecule has 0 aliphatic carbocycles. The van der Waals surface area contributed by atoms with Gasteiger partial charge in [-0.3, -0.25) is 14.9 Å². The molecule has 0 aliphatic rings. The summed E-state index contributed by atoms with van der Waals surface area (Å²) in [5, 5.41) is 28.6. The highest BCUT2D eigenvalue weighted by Gasteiger charge is 2.22. The van der Waals surface area contributed by atoms with Crippen LogP contribution in [0.5, 0.6) is 0 Å². The van der Waals surface area contributed by atoms with Crippen LogP contribution >= 0.6 is 0 Å². The Hall–Kier alpha value is -4.42. The molecular weight excluding hydrogens is 440 g/mol. The summed E-state index contributed by atoms with van der Waals surface area (Å²) in [5.41, 5.74) is 2.14. The predicted octanol–water partition coefficient (Wildman–Crippen LogP) is 3.62. The number of pyridine rings is 1. The third kappa shape index (κ3) is 4.82. The lowest BCUT2D eigenvalue weighted by atomic mass is 10.0. The number of carbonyl (C=O) groups is 1. The van der Waals surface area contributed by atoms with Crippen LogP contribution < -0.4 is 5.32 Å². The molecule has 0 saturated carbocycles. The first kappa shape index (κ1) is 22.8. The minimum Gasteiger partial charge on any atom is -0.394 e. The summed E-state index contributed by atoms with van der Waals surface area (Å²) in [6, 6.07) is 15.8. The van der Waals surface area contributed by atoms with Crippen LogP contribution in [0.2, 0.25) is 0 Å². The number of rotatable bonds is 7. The van der Waals surface area contributed by atoms with Crippen LogP contribution in [-0.2, 0) is 6.42 Å². The van der Waals surface area contributed by atoms with Crippen LogP contribution in [0.15, 0.2) is 66.9 Å². The number of benzene rings is 2. The number of aromatic amines is 1. The minimum absolute atomic E-state index is 0.0168. The number of aliphatic hydroxyl groups excluding tert-OH is 1. The van der Waals surface area contributed by atoms with E-state index in [1.165, 1.54) is 36.5 Å². The zero-order valence-corrected chi connectivity index (χ0v) is 17.8. The Morgan fingerprint density at radius 2 is 1.94 bits per heavy atom. The summed E-state index contributed by atoms with van der Waals surface area (Å²) in [4.78, 5) is 17.2. The molecule has 1 atom stereocenters. The Kier molecular flexibility index (Phi) is 6.71. The van der Waals surface area contributed by atoms with E-state index in [1.807, 2.05) is 6.07 Å². The molecule has 170 valence electrons. The second-order valence-electron chi connectivity index (χ2n) is 7.50. The van der Waals surface area contributed by atoms with Gasteiger partial charge in [-0.25, -0.2) is 8.78 Å². The van der Waals surface area contributed by atoms with Crippen LogP contribution in [0.1, 0.15) is 21.6 Å². The van der Waals surface area contributed by atoms with E-state index in [0.29, 0.717) is 22.5 Å². The number of hydrogen-bond acceptors (Lipinski definition) is 5. The lowest BCUT2D eigenvalue weighted by Gasteiger charge is -2.17. The number of H-pyrrole nitrogens is 1. The molecule has 7 nitrogen and oxygen atoms in total. The quantitative estimate of drug-likeness (QED) is 0.391. The van der Waals surface area contributed by atoms with Crippen molar-refractivity contribution in [3.05, 3.63) is 95.3 Å². The van der Waals surface area contributed by atoms with Crippen LogP contribution in [0.4, 0.5) is 8.78 Å². The number of nitriles is 1. The smallest absolute Gasteiger partial charge is 0.252 e. The van der Waals surface area contributed by atoms with Crippen LogP contribution in [0, 0.1) is 23.0 Å². The SMILES string of the molecule is N#Cc1cccnc1C[C@H](CO)NC(=O)c1cccc(F)c1-c1cc(-c2ccc(F)cc2)[nH]n1. The van der Waals surface area contributed by atoms with Crippen molar-refractivity contribution in [3.8, 4) is 28.6 Å². The van der Waals surface area contributed by atoms with Crippen LogP contribution in [0.25, 0.3) is 22.5 Å². The van der Waals surface area contributed by atoms with E-state index in [4.69, 9.17) is 0 Å². The average Bonchev–Trinajstić information content (AvgIpc) is 3.33. The maximum atomic E-state index is 14.8. The van der Waals surface area contributed by atoms with E-state index in [2.05, 4.69) is 20.5 Å². The number of carbonyl (C=O) groups excluding carboxylic acids is 1. The summed E-state index contributed by atoms with van der Waals surface area (Å²) in [6.07, 6.45) is 1.64. The number of amides is 1. The second kappa shape index (κ2) is 10.0. The van der Waals surface area contributed by atoms with Crippen molar-refractivity contribution in [1.82, 2.24) is 20.5 Å². The van der Waals surface area contributed by atoms with Gasteiger partial charge in [0.25, 0.3) is 5.91 Å². The van der Waals surface area contributed by atoms with Gasteiger partial charge in [-0.05, 0) is 60.2 Å². The Balaban J connectivity index is 1.61. The topological polar surface area (TPSA) is 115 Å². The van der Waals surface area contributed by atoms with Gasteiger partial charge >= 0.3 is 0 Å². The Bertz CT molecular complexity index is 1360. The third-order valence-corrected chi connectivity index (χ3v) is 5.25. The van der Waals surface area contributed by atoms with E-state index >= 15 is 0 Å². The van der Waals surface area contributed by atoms with Crippen molar-refractivity contribution in [2.24, 2.45) is 0 Å². The van der Waals surface area contributed by atoms with E-state index in [0.717, 1.165) is 0 Å². The van der Waals surface area contributed by atoms with E-state index in [1.54, 1.807) is 30.3 Å². The second-order valence-corrected chi connectivity index (χ2v) is 7.50. The van der Waals surface area contributed by atoms with Crippen molar-refractivity contribution < 1.29 is 18.7 Å². The molecule has 0 fully saturated rings. The first-order valence-corrected chi connectivity index (χ1v) is 10.4. The van der Waals surface area contributed by atoms with Crippen LogP contribution in [0.3, 0.4) is 0 Å². The largest absolute Gasteiger partial charge is 0.394 e. The van der Waals surface area contributed by atoms with Crippen molar-refractivity contribution in [1.29, 1.82) is 5.26 Å². The molecular formula is C25H19F2N5O2.